The number of sulfonamides is 1. The van der Waals surface area contributed by atoms with Crippen LogP contribution in [0.2, 0.25) is 0 Å². The number of hydrogen-bond donors (Lipinski definition) is 0. The molecule has 0 radical (unpaired) electrons. The molecule has 7 heteroatoms. The lowest BCUT2D eigenvalue weighted by atomic mass is 10.1. The van der Waals surface area contributed by atoms with E-state index >= 15 is 0 Å². The van der Waals surface area contributed by atoms with Crippen molar-refractivity contribution in [1.29, 1.82) is 0 Å². The highest BCUT2D eigenvalue weighted by Gasteiger charge is 2.18. The molecule has 0 saturated heterocycles. The van der Waals surface area contributed by atoms with Crippen LogP contribution < -0.4 is 14.2 Å². The van der Waals surface area contributed by atoms with E-state index in [-0.39, 0.29) is 5.75 Å². The molecule has 0 N–H and O–H groups in total. The van der Waals surface area contributed by atoms with E-state index in [4.69, 9.17) is 14.2 Å². The van der Waals surface area contributed by atoms with Gasteiger partial charge < -0.3 is 14.2 Å². The number of rotatable bonds is 10. The first-order valence-electron chi connectivity index (χ1n) is 7.62. The SMILES string of the molecule is CCCCS(=O)(=O)N(C)CCc1cc(OC)c(OC)c(OC)c1. The first-order chi connectivity index (χ1) is 10.9. The lowest BCUT2D eigenvalue weighted by Crippen LogP contribution is -2.31. The van der Waals surface area contributed by atoms with Crippen LogP contribution in [0.1, 0.15) is 25.3 Å². The third kappa shape index (κ3) is 5.28. The summed E-state index contributed by atoms with van der Waals surface area (Å²) in [5.74, 6) is 1.86. The summed E-state index contributed by atoms with van der Waals surface area (Å²) >= 11 is 0. The van der Waals surface area contributed by atoms with Gasteiger partial charge in [-0.05, 0) is 30.5 Å². The van der Waals surface area contributed by atoms with Crippen LogP contribution in [-0.4, -0.2) is 53.4 Å². The third-order valence-corrected chi connectivity index (χ3v) is 5.61. The summed E-state index contributed by atoms with van der Waals surface area (Å²) in [6.07, 6.45) is 2.11. The maximum absolute atomic E-state index is 12.1. The minimum absolute atomic E-state index is 0.190. The zero-order valence-electron chi connectivity index (χ0n) is 14.6. The Morgan fingerprint density at radius 3 is 2.04 bits per heavy atom. The van der Waals surface area contributed by atoms with Crippen LogP contribution in [0.3, 0.4) is 0 Å². The maximum atomic E-state index is 12.1. The van der Waals surface area contributed by atoms with E-state index in [2.05, 4.69) is 0 Å². The van der Waals surface area contributed by atoms with E-state index < -0.39 is 10.0 Å². The molecule has 0 spiro atoms. The fraction of sp³-hybridized carbons (Fsp3) is 0.625. The molecular formula is C16H27NO5S. The zero-order valence-corrected chi connectivity index (χ0v) is 15.4. The zero-order chi connectivity index (χ0) is 17.5. The molecule has 0 aliphatic carbocycles. The van der Waals surface area contributed by atoms with E-state index in [1.807, 2.05) is 19.1 Å². The summed E-state index contributed by atoms with van der Waals surface area (Å²) in [6, 6.07) is 3.68. The van der Waals surface area contributed by atoms with Crippen LogP contribution in [0.4, 0.5) is 0 Å². The number of hydrogen-bond acceptors (Lipinski definition) is 5. The summed E-state index contributed by atoms with van der Waals surface area (Å²) in [5, 5.41) is 0. The number of nitrogens with zero attached hydrogens (tertiary/aromatic N) is 1. The molecule has 0 amide bonds. The predicted molar refractivity (Wildman–Crippen MR) is 91.1 cm³/mol. The molecule has 1 rings (SSSR count). The molecular weight excluding hydrogens is 318 g/mol. The van der Waals surface area contributed by atoms with Gasteiger partial charge in [0, 0.05) is 13.6 Å². The van der Waals surface area contributed by atoms with Gasteiger partial charge in [-0.1, -0.05) is 13.3 Å². The van der Waals surface area contributed by atoms with Crippen LogP contribution >= 0.6 is 0 Å². The highest BCUT2D eigenvalue weighted by atomic mass is 32.2. The summed E-state index contributed by atoms with van der Waals surface area (Å²) in [6.45, 7) is 2.39. The molecule has 0 heterocycles. The molecule has 1 aromatic rings. The summed E-state index contributed by atoms with van der Waals surface area (Å²) in [5.41, 5.74) is 0.928. The Balaban J connectivity index is 2.85. The number of unbranched alkanes of at least 4 members (excludes halogenated alkanes) is 1. The minimum Gasteiger partial charge on any atom is -0.493 e. The van der Waals surface area contributed by atoms with Crippen molar-refractivity contribution in [3.63, 3.8) is 0 Å². The van der Waals surface area contributed by atoms with Gasteiger partial charge in [0.05, 0.1) is 27.1 Å². The molecule has 0 aromatic heterocycles. The Morgan fingerprint density at radius 1 is 1.04 bits per heavy atom. The molecule has 23 heavy (non-hydrogen) atoms. The fourth-order valence-corrected chi connectivity index (χ4v) is 3.52. The molecule has 6 nitrogen and oxygen atoms in total. The van der Waals surface area contributed by atoms with Gasteiger partial charge in [0.25, 0.3) is 0 Å². The number of benzene rings is 1. The topological polar surface area (TPSA) is 65.1 Å². The summed E-state index contributed by atoms with van der Waals surface area (Å²) < 4.78 is 41.5. The molecule has 132 valence electrons. The van der Waals surface area contributed by atoms with Gasteiger partial charge in [0.2, 0.25) is 15.8 Å². The molecule has 0 bridgehead atoms. The molecule has 0 atom stereocenters. The predicted octanol–water partition coefficient (Wildman–Crippen LogP) is 2.32. The average Bonchev–Trinajstić information content (AvgIpc) is 2.56. The minimum atomic E-state index is -3.19. The molecule has 0 aliphatic rings. The first-order valence-corrected chi connectivity index (χ1v) is 9.23. The first kappa shape index (κ1) is 19.6. The normalized spacial score (nSPS) is 11.6. The van der Waals surface area contributed by atoms with Crippen LogP contribution in [0.5, 0.6) is 17.2 Å². The summed E-state index contributed by atoms with van der Waals surface area (Å²) in [4.78, 5) is 0. The van der Waals surface area contributed by atoms with Crippen molar-refractivity contribution >= 4 is 10.0 Å². The highest BCUT2D eigenvalue weighted by molar-refractivity contribution is 7.89. The lowest BCUT2D eigenvalue weighted by Gasteiger charge is -2.18. The van der Waals surface area contributed by atoms with Gasteiger partial charge in [-0.25, -0.2) is 12.7 Å². The average molecular weight is 345 g/mol. The Bertz CT molecular complexity index is 575. The third-order valence-electron chi connectivity index (χ3n) is 3.67. The highest BCUT2D eigenvalue weighted by Crippen LogP contribution is 2.38. The molecule has 1 aromatic carbocycles. The molecule has 0 saturated carbocycles. The van der Waals surface area contributed by atoms with Crippen molar-refractivity contribution in [1.82, 2.24) is 4.31 Å². The van der Waals surface area contributed by atoms with E-state index in [0.717, 1.165) is 12.0 Å². The van der Waals surface area contributed by atoms with Crippen molar-refractivity contribution in [2.24, 2.45) is 0 Å². The van der Waals surface area contributed by atoms with E-state index in [9.17, 15) is 8.42 Å². The molecule has 0 unspecified atom stereocenters. The second-order valence-electron chi connectivity index (χ2n) is 5.27. The van der Waals surface area contributed by atoms with Gasteiger partial charge in [-0.3, -0.25) is 0 Å². The van der Waals surface area contributed by atoms with Gasteiger partial charge in [0.1, 0.15) is 0 Å². The maximum Gasteiger partial charge on any atom is 0.213 e. The number of methoxy groups -OCH3 is 3. The van der Waals surface area contributed by atoms with Crippen molar-refractivity contribution < 1.29 is 22.6 Å². The summed E-state index contributed by atoms with van der Waals surface area (Å²) in [7, 11) is 3.09. The van der Waals surface area contributed by atoms with Crippen molar-refractivity contribution in [3.8, 4) is 17.2 Å². The van der Waals surface area contributed by atoms with E-state index in [0.29, 0.717) is 36.6 Å². The van der Waals surface area contributed by atoms with Crippen molar-refractivity contribution in [2.45, 2.75) is 26.2 Å². The smallest absolute Gasteiger partial charge is 0.213 e. The molecule has 0 aliphatic heterocycles. The van der Waals surface area contributed by atoms with E-state index in [1.54, 1.807) is 28.4 Å². The van der Waals surface area contributed by atoms with Gasteiger partial charge >= 0.3 is 0 Å². The lowest BCUT2D eigenvalue weighted by molar-refractivity contribution is 0.323. The van der Waals surface area contributed by atoms with Crippen molar-refractivity contribution in [3.05, 3.63) is 17.7 Å². The monoisotopic (exact) mass is 345 g/mol. The largest absolute Gasteiger partial charge is 0.493 e. The van der Waals surface area contributed by atoms with Gasteiger partial charge in [-0.15, -0.1) is 0 Å². The Hall–Kier alpha value is -1.47. The van der Waals surface area contributed by atoms with Crippen LogP contribution in [-0.2, 0) is 16.4 Å². The van der Waals surface area contributed by atoms with Crippen LogP contribution in [0.15, 0.2) is 12.1 Å². The Kier molecular flexibility index (Phi) is 7.64. The second kappa shape index (κ2) is 8.98. The number of ether oxygens (including phenoxy) is 3. The Morgan fingerprint density at radius 2 is 1.61 bits per heavy atom. The van der Waals surface area contributed by atoms with E-state index in [1.165, 1.54) is 4.31 Å². The molecule has 0 fully saturated rings. The van der Waals surface area contributed by atoms with Gasteiger partial charge in [0.15, 0.2) is 11.5 Å². The quantitative estimate of drug-likeness (QED) is 0.651. The van der Waals surface area contributed by atoms with Crippen molar-refractivity contribution in [2.75, 3.05) is 40.7 Å². The number of likely N-dealkylation sites (N-methyl/N-ethyl adjacent to an activating group) is 1. The Labute approximate surface area is 139 Å². The standard InChI is InChI=1S/C16H27NO5S/c1-6-7-10-23(18,19)17(2)9-8-13-11-14(20-3)16(22-5)15(12-13)21-4/h11-12H,6-10H2,1-5H3. The van der Waals surface area contributed by atoms with Crippen LogP contribution in [0.25, 0.3) is 0 Å². The van der Waals surface area contributed by atoms with Crippen LogP contribution in [0, 0.1) is 0 Å². The van der Waals surface area contributed by atoms with Gasteiger partial charge in [-0.2, -0.15) is 0 Å². The fourth-order valence-electron chi connectivity index (χ4n) is 2.19. The second-order valence-corrected chi connectivity index (χ2v) is 7.47.